The van der Waals surface area contributed by atoms with E-state index >= 15 is 0 Å². The van der Waals surface area contributed by atoms with Crippen LogP contribution >= 0.6 is 11.8 Å². The van der Waals surface area contributed by atoms with Crippen molar-refractivity contribution in [2.45, 2.75) is 0 Å². The number of amides is 1. The summed E-state index contributed by atoms with van der Waals surface area (Å²) in [6.45, 7) is 3.27. The lowest BCUT2D eigenvalue weighted by Gasteiger charge is -2.26. The van der Waals surface area contributed by atoms with E-state index in [1.807, 2.05) is 11.8 Å². The van der Waals surface area contributed by atoms with Gasteiger partial charge in [-0.1, -0.05) is 0 Å². The van der Waals surface area contributed by atoms with Crippen LogP contribution in [0.5, 0.6) is 0 Å². The Morgan fingerprint density at radius 3 is 2.90 bits per heavy atom. The van der Waals surface area contributed by atoms with Crippen LogP contribution in [0.4, 0.5) is 11.5 Å². The molecule has 2 heterocycles. The Labute approximate surface area is 126 Å². The molecule has 1 aliphatic rings. The average Bonchev–Trinajstić information content (AvgIpc) is 2.48. The normalized spacial score (nSPS) is 15.6. The zero-order valence-corrected chi connectivity index (χ0v) is 12.3. The average molecular weight is 311 g/mol. The predicted molar refractivity (Wildman–Crippen MR) is 81.4 cm³/mol. The van der Waals surface area contributed by atoms with Gasteiger partial charge in [-0.05, 0) is 0 Å². The number of hydrogen-bond acceptors (Lipinski definition) is 7. The number of nitrogen functional groups attached to an aromatic ring is 1. The summed E-state index contributed by atoms with van der Waals surface area (Å²) in [6, 6.07) is 1.15. The van der Waals surface area contributed by atoms with Gasteiger partial charge >= 0.3 is 0 Å². The second kappa shape index (κ2) is 7.23. The maximum atomic E-state index is 12.0. The first-order valence-corrected chi connectivity index (χ1v) is 7.71. The molecule has 3 N–H and O–H groups in total. The minimum Gasteiger partial charge on any atom is -0.383 e. The van der Waals surface area contributed by atoms with Crippen molar-refractivity contribution in [3.05, 3.63) is 27.9 Å². The molecule has 1 amide bonds. The zero-order valence-electron chi connectivity index (χ0n) is 11.4. The molecule has 2 rings (SSSR count). The van der Waals surface area contributed by atoms with Crippen LogP contribution in [0.2, 0.25) is 0 Å². The Kier molecular flexibility index (Phi) is 5.34. The number of nitrogens with one attached hydrogen (secondary N) is 1. The molecule has 0 unspecified atom stereocenters. The Hall–Kier alpha value is -1.87. The zero-order chi connectivity index (χ0) is 15.2. The van der Waals surface area contributed by atoms with E-state index in [0.717, 1.165) is 43.4 Å². The summed E-state index contributed by atoms with van der Waals surface area (Å²) in [5.41, 5.74) is 5.39. The van der Waals surface area contributed by atoms with E-state index in [1.54, 1.807) is 0 Å². The molecule has 1 aromatic rings. The highest BCUT2D eigenvalue weighted by atomic mass is 32.2. The number of nitrogens with zero attached hydrogens (tertiary/aromatic N) is 3. The Morgan fingerprint density at radius 2 is 2.24 bits per heavy atom. The quantitative estimate of drug-likeness (QED) is 0.595. The largest absolute Gasteiger partial charge is 0.383 e. The van der Waals surface area contributed by atoms with E-state index in [4.69, 9.17) is 5.73 Å². The van der Waals surface area contributed by atoms with Crippen LogP contribution in [0.15, 0.2) is 12.3 Å². The third-order valence-electron chi connectivity index (χ3n) is 3.18. The minimum absolute atomic E-state index is 0.00697. The van der Waals surface area contributed by atoms with Crippen molar-refractivity contribution in [2.24, 2.45) is 0 Å². The lowest BCUT2D eigenvalue weighted by molar-refractivity contribution is -0.385. The third-order valence-corrected chi connectivity index (χ3v) is 4.12. The van der Waals surface area contributed by atoms with E-state index in [1.165, 1.54) is 0 Å². The second-order valence-electron chi connectivity index (χ2n) is 4.59. The van der Waals surface area contributed by atoms with Gasteiger partial charge in [0.2, 0.25) is 0 Å². The molecular formula is C12H17N5O3S. The van der Waals surface area contributed by atoms with Crippen molar-refractivity contribution in [3.8, 4) is 0 Å². The van der Waals surface area contributed by atoms with Crippen LogP contribution in [-0.4, -0.2) is 58.4 Å². The third kappa shape index (κ3) is 4.30. The van der Waals surface area contributed by atoms with Gasteiger partial charge in [-0.25, -0.2) is 4.98 Å². The van der Waals surface area contributed by atoms with Crippen LogP contribution in [0.25, 0.3) is 0 Å². The monoisotopic (exact) mass is 311 g/mol. The minimum atomic E-state index is -0.603. The molecule has 1 aromatic heterocycles. The topological polar surface area (TPSA) is 114 Å². The summed E-state index contributed by atoms with van der Waals surface area (Å²) in [5.74, 6) is 1.77. The van der Waals surface area contributed by atoms with E-state index in [2.05, 4.69) is 15.2 Å². The van der Waals surface area contributed by atoms with Crippen LogP contribution < -0.4 is 11.1 Å². The number of carbonyl (C=O) groups excluding carboxylic acids is 1. The predicted octanol–water partition coefficient (Wildman–Crippen LogP) is 0.351. The van der Waals surface area contributed by atoms with Crippen molar-refractivity contribution in [1.29, 1.82) is 0 Å². The fourth-order valence-electron chi connectivity index (χ4n) is 1.99. The standard InChI is InChI=1S/C12H17N5O3S/c13-11-10(7-9(8-15-11)17(19)20)12(18)14-1-2-16-3-5-21-6-4-16/h7-8H,1-6H2,(H2,13,15)(H,14,18). The lowest BCUT2D eigenvalue weighted by atomic mass is 10.2. The number of nitrogens with two attached hydrogens (primary N) is 1. The Bertz CT molecular complexity index is 534. The fourth-order valence-corrected chi connectivity index (χ4v) is 2.97. The molecule has 0 aliphatic carbocycles. The molecule has 0 atom stereocenters. The van der Waals surface area contributed by atoms with Crippen molar-refractivity contribution in [1.82, 2.24) is 15.2 Å². The first kappa shape index (κ1) is 15.5. The molecule has 0 radical (unpaired) electrons. The SMILES string of the molecule is Nc1ncc([N+](=O)[O-])cc1C(=O)NCCN1CCSCC1. The summed E-state index contributed by atoms with van der Waals surface area (Å²) in [4.78, 5) is 28.0. The highest BCUT2D eigenvalue weighted by molar-refractivity contribution is 7.99. The molecule has 0 aromatic carbocycles. The molecule has 114 valence electrons. The highest BCUT2D eigenvalue weighted by Gasteiger charge is 2.17. The van der Waals surface area contributed by atoms with Gasteiger partial charge in [0.1, 0.15) is 12.0 Å². The molecule has 1 saturated heterocycles. The molecule has 1 fully saturated rings. The van der Waals surface area contributed by atoms with Gasteiger partial charge in [-0.2, -0.15) is 11.8 Å². The van der Waals surface area contributed by atoms with Crippen LogP contribution in [0.1, 0.15) is 10.4 Å². The van der Waals surface area contributed by atoms with Gasteiger partial charge in [0.05, 0.1) is 10.5 Å². The van der Waals surface area contributed by atoms with Gasteiger partial charge in [-0.15, -0.1) is 0 Å². The lowest BCUT2D eigenvalue weighted by Crippen LogP contribution is -2.39. The number of pyridine rings is 1. The molecule has 9 heteroatoms. The van der Waals surface area contributed by atoms with E-state index in [9.17, 15) is 14.9 Å². The van der Waals surface area contributed by atoms with Crippen LogP contribution in [-0.2, 0) is 0 Å². The van der Waals surface area contributed by atoms with Crippen molar-refractivity contribution in [2.75, 3.05) is 43.4 Å². The number of nitro groups is 1. The number of thioether (sulfide) groups is 1. The Balaban J connectivity index is 1.90. The van der Waals surface area contributed by atoms with E-state index in [-0.39, 0.29) is 17.1 Å². The number of anilines is 1. The van der Waals surface area contributed by atoms with Gasteiger partial charge in [0.25, 0.3) is 11.6 Å². The number of carbonyl (C=O) groups is 1. The van der Waals surface area contributed by atoms with Crippen molar-refractivity contribution >= 4 is 29.2 Å². The van der Waals surface area contributed by atoms with Crippen molar-refractivity contribution in [3.63, 3.8) is 0 Å². The number of rotatable bonds is 5. The molecule has 0 bridgehead atoms. The van der Waals surface area contributed by atoms with Crippen molar-refractivity contribution < 1.29 is 9.72 Å². The second-order valence-corrected chi connectivity index (χ2v) is 5.82. The van der Waals surface area contributed by atoms with Gasteiger partial charge < -0.3 is 11.1 Å². The summed E-state index contributed by atoms with van der Waals surface area (Å²) in [5, 5.41) is 13.4. The highest BCUT2D eigenvalue weighted by Crippen LogP contribution is 2.16. The molecule has 8 nitrogen and oxygen atoms in total. The summed E-state index contributed by atoms with van der Waals surface area (Å²) in [6.07, 6.45) is 1.04. The van der Waals surface area contributed by atoms with E-state index < -0.39 is 10.8 Å². The Morgan fingerprint density at radius 1 is 1.52 bits per heavy atom. The van der Waals surface area contributed by atoms with Crippen LogP contribution in [0.3, 0.4) is 0 Å². The first-order valence-electron chi connectivity index (χ1n) is 6.56. The van der Waals surface area contributed by atoms with Gasteiger partial charge in [-0.3, -0.25) is 19.8 Å². The molecule has 0 saturated carbocycles. The summed E-state index contributed by atoms with van der Waals surface area (Å²) < 4.78 is 0. The smallest absolute Gasteiger partial charge is 0.288 e. The van der Waals surface area contributed by atoms with Crippen LogP contribution in [0, 0.1) is 10.1 Å². The molecular weight excluding hydrogens is 294 g/mol. The van der Waals surface area contributed by atoms with Gasteiger partial charge in [0, 0.05) is 43.8 Å². The maximum absolute atomic E-state index is 12.0. The van der Waals surface area contributed by atoms with Gasteiger partial charge in [0.15, 0.2) is 0 Å². The summed E-state index contributed by atoms with van der Waals surface area (Å²) in [7, 11) is 0. The molecule has 0 spiro atoms. The fraction of sp³-hybridized carbons (Fsp3) is 0.500. The summed E-state index contributed by atoms with van der Waals surface area (Å²) >= 11 is 1.92. The molecule has 21 heavy (non-hydrogen) atoms. The molecule has 1 aliphatic heterocycles. The van der Waals surface area contributed by atoms with E-state index in [0.29, 0.717) is 6.54 Å². The first-order chi connectivity index (χ1) is 10.1. The number of aromatic nitrogens is 1. The maximum Gasteiger partial charge on any atom is 0.288 e. The number of hydrogen-bond donors (Lipinski definition) is 2.